The van der Waals surface area contributed by atoms with Crippen LogP contribution in [0.2, 0.25) is 0 Å². The SMILES string of the molecule is Cc1ccccc1N(C)S(=O)(=O)c1cnccc1NN. The zero-order chi connectivity index (χ0) is 14.8. The van der Waals surface area contributed by atoms with Gasteiger partial charge in [-0.15, -0.1) is 0 Å². The molecule has 0 radical (unpaired) electrons. The summed E-state index contributed by atoms with van der Waals surface area (Å²) in [5.41, 5.74) is 4.16. The molecule has 1 aromatic carbocycles. The zero-order valence-electron chi connectivity index (χ0n) is 11.2. The molecule has 0 saturated heterocycles. The first-order valence-electron chi connectivity index (χ1n) is 5.93. The van der Waals surface area contributed by atoms with Crippen molar-refractivity contribution in [3.8, 4) is 0 Å². The summed E-state index contributed by atoms with van der Waals surface area (Å²) in [6.45, 7) is 1.85. The summed E-state index contributed by atoms with van der Waals surface area (Å²) in [6, 6.07) is 8.76. The van der Waals surface area contributed by atoms with Gasteiger partial charge in [0.2, 0.25) is 0 Å². The monoisotopic (exact) mass is 292 g/mol. The highest BCUT2D eigenvalue weighted by atomic mass is 32.2. The molecule has 0 bridgehead atoms. The molecule has 0 fully saturated rings. The first kappa shape index (κ1) is 14.3. The number of hydrogen-bond donors (Lipinski definition) is 2. The summed E-state index contributed by atoms with van der Waals surface area (Å²) in [6.07, 6.45) is 2.75. The molecule has 6 nitrogen and oxygen atoms in total. The lowest BCUT2D eigenvalue weighted by Crippen LogP contribution is -2.28. The van der Waals surface area contributed by atoms with E-state index in [1.807, 2.05) is 19.1 Å². The number of hydrogen-bond acceptors (Lipinski definition) is 5. The third-order valence-corrected chi connectivity index (χ3v) is 4.83. The molecule has 106 valence electrons. The molecule has 0 aliphatic carbocycles. The van der Waals surface area contributed by atoms with E-state index in [9.17, 15) is 8.42 Å². The van der Waals surface area contributed by atoms with Crippen LogP contribution in [-0.4, -0.2) is 20.4 Å². The van der Waals surface area contributed by atoms with Crippen LogP contribution in [0.15, 0.2) is 47.6 Å². The number of nitrogens with zero attached hydrogens (tertiary/aromatic N) is 2. The van der Waals surface area contributed by atoms with Crippen LogP contribution in [-0.2, 0) is 10.0 Å². The second-order valence-electron chi connectivity index (χ2n) is 4.28. The highest BCUT2D eigenvalue weighted by molar-refractivity contribution is 7.93. The van der Waals surface area contributed by atoms with Crippen molar-refractivity contribution < 1.29 is 8.42 Å². The van der Waals surface area contributed by atoms with Crippen LogP contribution < -0.4 is 15.6 Å². The van der Waals surface area contributed by atoms with E-state index in [-0.39, 0.29) is 4.90 Å². The molecule has 1 aromatic heterocycles. The predicted octanol–water partition coefficient (Wildman–Crippen LogP) is 1.50. The fraction of sp³-hybridized carbons (Fsp3) is 0.154. The van der Waals surface area contributed by atoms with Gasteiger partial charge in [0.15, 0.2) is 0 Å². The Morgan fingerprint density at radius 2 is 1.95 bits per heavy atom. The normalized spacial score (nSPS) is 11.2. The number of pyridine rings is 1. The van der Waals surface area contributed by atoms with Gasteiger partial charge in [0.1, 0.15) is 4.90 Å². The van der Waals surface area contributed by atoms with Gasteiger partial charge in [0, 0.05) is 19.4 Å². The van der Waals surface area contributed by atoms with E-state index in [1.165, 1.54) is 29.8 Å². The minimum atomic E-state index is -3.73. The second kappa shape index (κ2) is 5.48. The van der Waals surface area contributed by atoms with E-state index in [0.717, 1.165) is 5.56 Å². The van der Waals surface area contributed by atoms with E-state index in [4.69, 9.17) is 5.84 Å². The molecule has 0 unspecified atom stereocenters. The maximum atomic E-state index is 12.7. The van der Waals surface area contributed by atoms with Crippen molar-refractivity contribution in [2.45, 2.75) is 11.8 Å². The molecule has 3 N–H and O–H groups in total. The van der Waals surface area contributed by atoms with Crippen LogP contribution in [0.5, 0.6) is 0 Å². The van der Waals surface area contributed by atoms with Crippen molar-refractivity contribution >= 4 is 21.4 Å². The Labute approximate surface area is 118 Å². The number of sulfonamides is 1. The fourth-order valence-electron chi connectivity index (χ4n) is 1.90. The van der Waals surface area contributed by atoms with Gasteiger partial charge >= 0.3 is 0 Å². The number of para-hydroxylation sites is 1. The quantitative estimate of drug-likeness (QED) is 0.658. The summed E-state index contributed by atoms with van der Waals surface area (Å²) in [5, 5.41) is 0. The number of benzene rings is 1. The molecule has 7 heteroatoms. The largest absolute Gasteiger partial charge is 0.323 e. The van der Waals surface area contributed by atoms with Crippen molar-refractivity contribution in [1.82, 2.24) is 4.98 Å². The molecule has 0 spiro atoms. The van der Waals surface area contributed by atoms with Gasteiger partial charge in [-0.3, -0.25) is 15.1 Å². The van der Waals surface area contributed by atoms with Crippen molar-refractivity contribution in [3.05, 3.63) is 48.3 Å². The van der Waals surface area contributed by atoms with Gasteiger partial charge in [-0.2, -0.15) is 0 Å². The minimum absolute atomic E-state index is 0.0354. The van der Waals surface area contributed by atoms with Gasteiger partial charge < -0.3 is 5.43 Å². The van der Waals surface area contributed by atoms with E-state index in [2.05, 4.69) is 10.4 Å². The summed E-state index contributed by atoms with van der Waals surface area (Å²) < 4.78 is 26.5. The standard InChI is InChI=1S/C13H16N4O2S/c1-10-5-3-4-6-12(10)17(2)20(18,19)13-9-15-8-7-11(13)16-14/h3-9H,14H2,1-2H3,(H,15,16). The molecule has 0 aliphatic heterocycles. The fourth-order valence-corrected chi connectivity index (χ4v) is 3.26. The van der Waals surface area contributed by atoms with Gasteiger partial charge in [-0.1, -0.05) is 18.2 Å². The van der Waals surface area contributed by atoms with E-state index in [0.29, 0.717) is 11.4 Å². The molecule has 0 saturated carbocycles. The van der Waals surface area contributed by atoms with Gasteiger partial charge in [-0.05, 0) is 24.6 Å². The van der Waals surface area contributed by atoms with Crippen LogP contribution >= 0.6 is 0 Å². The smallest absolute Gasteiger partial charge is 0.267 e. The first-order valence-corrected chi connectivity index (χ1v) is 7.37. The molecule has 0 aliphatic rings. The Bertz CT molecular complexity index is 716. The minimum Gasteiger partial charge on any atom is -0.323 e. The number of hydrazine groups is 1. The molecule has 2 rings (SSSR count). The number of rotatable bonds is 4. The molecule has 0 atom stereocenters. The maximum absolute atomic E-state index is 12.7. The average Bonchev–Trinajstić information content (AvgIpc) is 2.47. The summed E-state index contributed by atoms with van der Waals surface area (Å²) >= 11 is 0. The van der Waals surface area contributed by atoms with Gasteiger partial charge in [-0.25, -0.2) is 8.42 Å². The Morgan fingerprint density at radius 3 is 2.60 bits per heavy atom. The van der Waals surface area contributed by atoms with Crippen LogP contribution in [0, 0.1) is 6.92 Å². The predicted molar refractivity (Wildman–Crippen MR) is 78.8 cm³/mol. The highest BCUT2D eigenvalue weighted by Crippen LogP contribution is 2.27. The van der Waals surface area contributed by atoms with Crippen molar-refractivity contribution in [2.75, 3.05) is 16.8 Å². The summed E-state index contributed by atoms with van der Waals surface area (Å²) in [5.74, 6) is 5.36. The third kappa shape index (κ3) is 2.45. The second-order valence-corrected chi connectivity index (χ2v) is 6.21. The summed E-state index contributed by atoms with van der Waals surface area (Å²) in [4.78, 5) is 3.89. The highest BCUT2D eigenvalue weighted by Gasteiger charge is 2.25. The van der Waals surface area contributed by atoms with Crippen LogP contribution in [0.4, 0.5) is 11.4 Å². The van der Waals surface area contributed by atoms with E-state index >= 15 is 0 Å². The number of aromatic nitrogens is 1. The Morgan fingerprint density at radius 1 is 1.25 bits per heavy atom. The Kier molecular flexibility index (Phi) is 3.91. The number of anilines is 2. The van der Waals surface area contributed by atoms with Crippen LogP contribution in [0.3, 0.4) is 0 Å². The Hall–Kier alpha value is -2.12. The molecule has 0 amide bonds. The maximum Gasteiger partial charge on any atom is 0.267 e. The van der Waals surface area contributed by atoms with E-state index < -0.39 is 10.0 Å². The number of aryl methyl sites for hydroxylation is 1. The van der Waals surface area contributed by atoms with Crippen molar-refractivity contribution in [2.24, 2.45) is 5.84 Å². The lowest BCUT2D eigenvalue weighted by Gasteiger charge is -2.22. The third-order valence-electron chi connectivity index (χ3n) is 3.03. The average molecular weight is 292 g/mol. The molecular weight excluding hydrogens is 276 g/mol. The summed E-state index contributed by atoms with van der Waals surface area (Å²) in [7, 11) is -2.22. The lowest BCUT2D eigenvalue weighted by atomic mass is 10.2. The Balaban J connectivity index is 2.53. The molecular formula is C13H16N4O2S. The van der Waals surface area contributed by atoms with Gasteiger partial charge in [0.05, 0.1) is 11.4 Å². The first-order chi connectivity index (χ1) is 9.48. The molecule has 2 aromatic rings. The van der Waals surface area contributed by atoms with Gasteiger partial charge in [0.25, 0.3) is 10.0 Å². The lowest BCUT2D eigenvalue weighted by molar-refractivity contribution is 0.594. The van der Waals surface area contributed by atoms with Crippen molar-refractivity contribution in [1.29, 1.82) is 0 Å². The topological polar surface area (TPSA) is 88.3 Å². The zero-order valence-corrected chi connectivity index (χ0v) is 12.1. The van der Waals surface area contributed by atoms with E-state index in [1.54, 1.807) is 12.1 Å². The van der Waals surface area contributed by atoms with Crippen molar-refractivity contribution in [3.63, 3.8) is 0 Å². The molecule has 1 heterocycles. The number of nitrogen functional groups attached to an aromatic ring is 1. The number of nitrogens with two attached hydrogens (primary N) is 1. The van der Waals surface area contributed by atoms with Crippen LogP contribution in [0.25, 0.3) is 0 Å². The van der Waals surface area contributed by atoms with Crippen LogP contribution in [0.1, 0.15) is 5.56 Å². The molecule has 20 heavy (non-hydrogen) atoms. The number of nitrogens with one attached hydrogen (secondary N) is 1.